The molecule has 2 aromatic rings. The molecule has 32 heavy (non-hydrogen) atoms. The number of anilines is 1. The molecular weight excluding hydrogens is 519 g/mol. The zero-order chi connectivity index (χ0) is 21.5. The van der Waals surface area contributed by atoms with Gasteiger partial charge in [-0.3, -0.25) is 9.79 Å². The summed E-state index contributed by atoms with van der Waals surface area (Å²) in [5.74, 6) is 2.58. The Kier molecular flexibility index (Phi) is 9.01. The minimum atomic E-state index is -0.00698. The minimum Gasteiger partial charge on any atom is -0.493 e. The Labute approximate surface area is 206 Å². The lowest BCUT2D eigenvalue weighted by molar-refractivity contribution is -0.121. The molecule has 0 fully saturated rings. The van der Waals surface area contributed by atoms with E-state index in [4.69, 9.17) is 9.47 Å². The van der Waals surface area contributed by atoms with Crippen LogP contribution >= 0.6 is 24.0 Å². The Morgan fingerprint density at radius 3 is 2.88 bits per heavy atom. The number of ether oxygens (including phenoxy) is 2. The van der Waals surface area contributed by atoms with Gasteiger partial charge in [-0.15, -0.1) is 24.0 Å². The number of amides is 1. The number of nitrogens with zero attached hydrogens (tertiary/aromatic N) is 2. The van der Waals surface area contributed by atoms with E-state index in [9.17, 15) is 4.79 Å². The number of halogens is 1. The number of fused-ring (bicyclic) bond motifs is 2. The monoisotopic (exact) mass is 550 g/mol. The molecule has 0 radical (unpaired) electrons. The number of hydrogen-bond donors (Lipinski definition) is 2. The van der Waals surface area contributed by atoms with Crippen LogP contribution in [-0.4, -0.2) is 51.3 Å². The molecule has 0 aromatic heterocycles. The minimum absolute atomic E-state index is 0. The number of hydrogen-bond acceptors (Lipinski definition) is 4. The highest BCUT2D eigenvalue weighted by Crippen LogP contribution is 2.31. The van der Waals surface area contributed by atoms with E-state index in [-0.39, 0.29) is 36.5 Å². The molecular formula is C24H31IN4O3. The second kappa shape index (κ2) is 11.9. The van der Waals surface area contributed by atoms with Gasteiger partial charge < -0.3 is 25.0 Å². The lowest BCUT2D eigenvalue weighted by Gasteiger charge is -2.29. The highest BCUT2D eigenvalue weighted by Gasteiger charge is 2.24. The van der Waals surface area contributed by atoms with Crippen LogP contribution in [0, 0.1) is 0 Å². The molecule has 2 aromatic carbocycles. The molecule has 0 aliphatic carbocycles. The van der Waals surface area contributed by atoms with Crippen LogP contribution in [0.2, 0.25) is 0 Å². The number of carbonyl (C=O) groups excluding carboxylic acids is 1. The van der Waals surface area contributed by atoms with Gasteiger partial charge in [-0.05, 0) is 49.1 Å². The number of aliphatic imine (C=N–C) groups is 1. The molecule has 0 unspecified atom stereocenters. The summed E-state index contributed by atoms with van der Waals surface area (Å²) >= 11 is 0. The molecule has 2 aliphatic heterocycles. The Morgan fingerprint density at radius 1 is 1.12 bits per heavy atom. The molecule has 4 rings (SSSR count). The fourth-order valence-corrected chi connectivity index (χ4v) is 3.88. The first-order valence-corrected chi connectivity index (χ1v) is 11.0. The van der Waals surface area contributed by atoms with E-state index in [2.05, 4.69) is 40.7 Å². The maximum Gasteiger partial charge on any atom is 0.265 e. The van der Waals surface area contributed by atoms with Crippen molar-refractivity contribution in [2.24, 2.45) is 4.99 Å². The van der Waals surface area contributed by atoms with Crippen molar-refractivity contribution in [2.75, 3.05) is 44.3 Å². The average molecular weight is 550 g/mol. The summed E-state index contributed by atoms with van der Waals surface area (Å²) in [6, 6.07) is 14.1. The van der Waals surface area contributed by atoms with Gasteiger partial charge in [-0.2, -0.15) is 0 Å². The summed E-state index contributed by atoms with van der Waals surface area (Å²) in [4.78, 5) is 18.7. The third kappa shape index (κ3) is 6.05. The third-order valence-electron chi connectivity index (χ3n) is 5.42. The molecule has 0 atom stereocenters. The van der Waals surface area contributed by atoms with E-state index in [1.807, 2.05) is 24.3 Å². The van der Waals surface area contributed by atoms with Gasteiger partial charge in [0.1, 0.15) is 11.5 Å². The SMILES string of the molecule is CCNC(=NCCCN1C(=O)COc2ccccc21)NCCc1ccc2c(c1)CCO2.I. The average Bonchev–Trinajstić information content (AvgIpc) is 3.26. The first kappa shape index (κ1) is 24.2. The van der Waals surface area contributed by atoms with E-state index >= 15 is 0 Å². The smallest absolute Gasteiger partial charge is 0.265 e. The van der Waals surface area contributed by atoms with Gasteiger partial charge in [0.05, 0.1) is 12.3 Å². The normalized spacial score (nSPS) is 14.6. The van der Waals surface area contributed by atoms with Crippen LogP contribution in [0.15, 0.2) is 47.5 Å². The molecule has 0 bridgehead atoms. The molecule has 2 heterocycles. The molecule has 0 saturated heterocycles. The zero-order valence-corrected chi connectivity index (χ0v) is 20.8. The second-order valence-electron chi connectivity index (χ2n) is 7.63. The molecule has 7 nitrogen and oxygen atoms in total. The van der Waals surface area contributed by atoms with Crippen molar-refractivity contribution in [2.45, 2.75) is 26.2 Å². The van der Waals surface area contributed by atoms with Crippen LogP contribution in [0.1, 0.15) is 24.5 Å². The maximum atomic E-state index is 12.3. The van der Waals surface area contributed by atoms with Crippen molar-refractivity contribution in [1.82, 2.24) is 10.6 Å². The van der Waals surface area contributed by atoms with Crippen molar-refractivity contribution in [3.8, 4) is 11.5 Å². The number of rotatable bonds is 8. The molecule has 1 amide bonds. The number of guanidine groups is 1. The highest BCUT2D eigenvalue weighted by atomic mass is 127. The van der Waals surface area contributed by atoms with Gasteiger partial charge in [0.15, 0.2) is 12.6 Å². The third-order valence-corrected chi connectivity index (χ3v) is 5.42. The van der Waals surface area contributed by atoms with E-state index in [1.165, 1.54) is 11.1 Å². The van der Waals surface area contributed by atoms with Gasteiger partial charge in [-0.1, -0.05) is 24.3 Å². The van der Waals surface area contributed by atoms with Gasteiger partial charge in [0, 0.05) is 32.6 Å². The lowest BCUT2D eigenvalue weighted by Crippen LogP contribution is -2.40. The summed E-state index contributed by atoms with van der Waals surface area (Å²) in [6.07, 6.45) is 2.70. The van der Waals surface area contributed by atoms with Gasteiger partial charge in [0.25, 0.3) is 5.91 Å². The Hall–Kier alpha value is -2.49. The van der Waals surface area contributed by atoms with Crippen LogP contribution in [0.4, 0.5) is 5.69 Å². The summed E-state index contributed by atoms with van der Waals surface area (Å²) in [7, 11) is 0. The summed E-state index contributed by atoms with van der Waals surface area (Å²) in [6.45, 7) is 5.81. The van der Waals surface area contributed by atoms with Crippen molar-refractivity contribution in [3.63, 3.8) is 0 Å². The quantitative estimate of drug-likeness (QED) is 0.229. The van der Waals surface area contributed by atoms with Crippen molar-refractivity contribution >= 4 is 41.5 Å². The molecule has 172 valence electrons. The van der Waals surface area contributed by atoms with E-state index < -0.39 is 0 Å². The Bertz CT molecular complexity index is 951. The Balaban J connectivity index is 0.00000289. The number of para-hydroxylation sites is 2. The Morgan fingerprint density at radius 2 is 2.00 bits per heavy atom. The largest absolute Gasteiger partial charge is 0.493 e. The fraction of sp³-hybridized carbons (Fsp3) is 0.417. The maximum absolute atomic E-state index is 12.3. The summed E-state index contributed by atoms with van der Waals surface area (Å²) < 4.78 is 11.1. The van der Waals surface area contributed by atoms with E-state index in [0.29, 0.717) is 13.1 Å². The summed E-state index contributed by atoms with van der Waals surface area (Å²) in [5, 5.41) is 6.70. The molecule has 8 heteroatoms. The van der Waals surface area contributed by atoms with Crippen LogP contribution < -0.4 is 25.0 Å². The number of carbonyl (C=O) groups is 1. The molecule has 0 saturated carbocycles. The second-order valence-corrected chi connectivity index (χ2v) is 7.63. The summed E-state index contributed by atoms with van der Waals surface area (Å²) in [5.41, 5.74) is 3.45. The van der Waals surface area contributed by atoms with Crippen molar-refractivity contribution < 1.29 is 14.3 Å². The lowest BCUT2D eigenvalue weighted by atomic mass is 10.1. The predicted octanol–water partition coefficient (Wildman–Crippen LogP) is 3.15. The van der Waals surface area contributed by atoms with E-state index in [0.717, 1.165) is 62.1 Å². The first-order valence-electron chi connectivity index (χ1n) is 11.0. The number of nitrogens with one attached hydrogen (secondary N) is 2. The number of benzene rings is 2. The van der Waals surface area contributed by atoms with Crippen molar-refractivity contribution in [3.05, 3.63) is 53.6 Å². The van der Waals surface area contributed by atoms with Gasteiger partial charge in [0.2, 0.25) is 0 Å². The highest BCUT2D eigenvalue weighted by molar-refractivity contribution is 14.0. The fourth-order valence-electron chi connectivity index (χ4n) is 3.88. The van der Waals surface area contributed by atoms with Crippen LogP contribution in [0.5, 0.6) is 11.5 Å². The van der Waals surface area contributed by atoms with Gasteiger partial charge in [-0.25, -0.2) is 0 Å². The van der Waals surface area contributed by atoms with Gasteiger partial charge >= 0.3 is 0 Å². The topological polar surface area (TPSA) is 75.2 Å². The van der Waals surface area contributed by atoms with Crippen LogP contribution in [-0.2, 0) is 17.6 Å². The zero-order valence-electron chi connectivity index (χ0n) is 18.4. The van der Waals surface area contributed by atoms with E-state index in [1.54, 1.807) is 4.90 Å². The predicted molar refractivity (Wildman–Crippen MR) is 138 cm³/mol. The first-order chi connectivity index (χ1) is 15.2. The molecule has 2 N–H and O–H groups in total. The van der Waals surface area contributed by atoms with Crippen molar-refractivity contribution in [1.29, 1.82) is 0 Å². The van der Waals surface area contributed by atoms with Crippen LogP contribution in [0.25, 0.3) is 0 Å². The molecule has 0 spiro atoms. The van der Waals surface area contributed by atoms with Crippen LogP contribution in [0.3, 0.4) is 0 Å². The standard InChI is InChI=1S/C24H30N4O3.HI/c1-2-25-24(27-13-10-18-8-9-21-19(16-18)11-15-30-21)26-12-5-14-28-20-6-3-4-7-22(20)31-17-23(28)29;/h3-4,6-9,16H,2,5,10-15,17H2,1H3,(H2,25,26,27);1H. The molecule has 2 aliphatic rings.